The van der Waals surface area contributed by atoms with Crippen LogP contribution in [-0.4, -0.2) is 20.4 Å². The quantitative estimate of drug-likeness (QED) is 0.355. The van der Waals surface area contributed by atoms with E-state index < -0.39 is 0 Å². The maximum Gasteiger partial charge on any atom is 0.262 e. The molecule has 0 saturated heterocycles. The highest BCUT2D eigenvalue weighted by molar-refractivity contribution is 7.18. The second-order valence-corrected chi connectivity index (χ2v) is 8.85. The maximum atomic E-state index is 13.2. The van der Waals surface area contributed by atoms with Crippen molar-refractivity contribution in [2.45, 2.75) is 32.2 Å². The van der Waals surface area contributed by atoms with Gasteiger partial charge in [0.25, 0.3) is 5.56 Å². The number of thiazole rings is 1. The normalized spacial score (nSPS) is 18.2. The molecule has 0 spiro atoms. The van der Waals surface area contributed by atoms with Crippen LogP contribution in [0.2, 0.25) is 0 Å². The van der Waals surface area contributed by atoms with E-state index in [1.54, 1.807) is 23.5 Å². The molecule has 2 aromatic carbocycles. The lowest BCUT2D eigenvalue weighted by molar-refractivity contribution is -0.125. The topological polar surface area (TPSA) is 88.9 Å². The fraction of sp³-hybridized carbons (Fsp3) is 0.250. The van der Waals surface area contributed by atoms with Crippen molar-refractivity contribution >= 4 is 44.3 Å². The Labute approximate surface area is 188 Å². The Balaban J connectivity index is 1.39. The van der Waals surface area contributed by atoms with Gasteiger partial charge in [0.2, 0.25) is 11.9 Å². The zero-order chi connectivity index (χ0) is 22.1. The number of carbonyl (C=O) groups excluding carboxylic acids is 1. The number of amides is 1. The molecule has 0 aliphatic heterocycles. The molecule has 32 heavy (non-hydrogen) atoms. The number of hydrogen-bond acceptors (Lipinski definition) is 6. The van der Waals surface area contributed by atoms with Crippen molar-refractivity contribution in [3.05, 3.63) is 76.0 Å². The largest absolute Gasteiger partial charge is 0.277 e. The summed E-state index contributed by atoms with van der Waals surface area (Å²) in [5.74, 6) is -0.0523. The van der Waals surface area contributed by atoms with Crippen LogP contribution in [0.5, 0.6) is 0 Å². The minimum atomic E-state index is -0.254. The molecule has 1 amide bonds. The first-order valence-corrected chi connectivity index (χ1v) is 11.5. The highest BCUT2D eigenvalue weighted by atomic mass is 32.1. The number of para-hydroxylation sites is 2. The van der Waals surface area contributed by atoms with Gasteiger partial charge in [0.05, 0.1) is 32.0 Å². The summed E-state index contributed by atoms with van der Waals surface area (Å²) >= 11 is 1.65. The summed E-state index contributed by atoms with van der Waals surface area (Å²) in [5, 5.41) is 1.53. The van der Waals surface area contributed by atoms with Gasteiger partial charge in [-0.2, -0.15) is 0 Å². The van der Waals surface area contributed by atoms with Crippen LogP contribution in [0, 0.1) is 5.92 Å². The van der Waals surface area contributed by atoms with E-state index in [4.69, 9.17) is 4.98 Å². The maximum absolute atomic E-state index is 13.2. The van der Waals surface area contributed by atoms with Crippen molar-refractivity contribution in [3.8, 4) is 0 Å². The van der Waals surface area contributed by atoms with E-state index in [1.165, 1.54) is 4.57 Å². The molecule has 1 aliphatic rings. The van der Waals surface area contributed by atoms with Gasteiger partial charge in [0.15, 0.2) is 0 Å². The number of nitrogens with one attached hydrogen (secondary N) is 2. The number of hydrogen-bond donors (Lipinski definition) is 2. The van der Waals surface area contributed by atoms with Crippen LogP contribution in [0.4, 0.5) is 5.95 Å². The summed E-state index contributed by atoms with van der Waals surface area (Å²) in [6.45, 7) is 2.31. The van der Waals surface area contributed by atoms with Gasteiger partial charge in [-0.15, -0.1) is 11.3 Å². The van der Waals surface area contributed by atoms with Crippen molar-refractivity contribution in [1.82, 2.24) is 20.0 Å². The van der Waals surface area contributed by atoms with Gasteiger partial charge in [0.1, 0.15) is 0 Å². The standard InChI is InChI=1S/C24H23N5O2S/c1-2-29-23(31)17-11-5-6-12-18(17)26-24(29)28-27-21(30)15-9-3-4-10-16(15)22-25-19-13-7-8-14-20(19)32-22/h3-8,11-16H,2,9-10H2,1H3,(H,26,28)(H,27,30). The van der Waals surface area contributed by atoms with Crippen LogP contribution >= 0.6 is 11.3 Å². The van der Waals surface area contributed by atoms with Crippen LogP contribution in [0.1, 0.15) is 30.7 Å². The minimum Gasteiger partial charge on any atom is -0.277 e. The van der Waals surface area contributed by atoms with E-state index in [9.17, 15) is 9.59 Å². The molecule has 162 valence electrons. The monoisotopic (exact) mass is 445 g/mol. The number of hydrazine groups is 1. The Kier molecular flexibility index (Phi) is 5.45. The molecule has 4 aromatic rings. The molecular weight excluding hydrogens is 422 g/mol. The Morgan fingerprint density at radius 3 is 2.62 bits per heavy atom. The molecule has 0 bridgehead atoms. The first-order valence-electron chi connectivity index (χ1n) is 10.7. The number of aromatic nitrogens is 3. The molecule has 7 nitrogen and oxygen atoms in total. The fourth-order valence-corrected chi connectivity index (χ4v) is 5.34. The summed E-state index contributed by atoms with van der Waals surface area (Å²) in [4.78, 5) is 35.3. The van der Waals surface area contributed by atoms with Crippen LogP contribution in [0.25, 0.3) is 21.1 Å². The number of rotatable bonds is 5. The molecule has 1 aliphatic carbocycles. The number of anilines is 1. The van der Waals surface area contributed by atoms with Gasteiger partial charge in [-0.1, -0.05) is 36.4 Å². The van der Waals surface area contributed by atoms with Crippen LogP contribution in [0.3, 0.4) is 0 Å². The summed E-state index contributed by atoms with van der Waals surface area (Å²) in [6.07, 6.45) is 5.57. The van der Waals surface area contributed by atoms with Gasteiger partial charge in [-0.3, -0.25) is 25.0 Å². The van der Waals surface area contributed by atoms with E-state index in [-0.39, 0.29) is 23.3 Å². The molecule has 8 heteroatoms. The molecule has 0 saturated carbocycles. The number of carbonyl (C=O) groups is 1. The first kappa shape index (κ1) is 20.4. The summed E-state index contributed by atoms with van der Waals surface area (Å²) < 4.78 is 2.65. The lowest BCUT2D eigenvalue weighted by Crippen LogP contribution is -2.40. The van der Waals surface area contributed by atoms with Crippen molar-refractivity contribution in [1.29, 1.82) is 0 Å². The van der Waals surface area contributed by atoms with Crippen molar-refractivity contribution in [2.24, 2.45) is 5.92 Å². The molecule has 2 atom stereocenters. The predicted molar refractivity (Wildman–Crippen MR) is 128 cm³/mol. The van der Waals surface area contributed by atoms with Crippen LogP contribution in [-0.2, 0) is 11.3 Å². The van der Waals surface area contributed by atoms with E-state index in [2.05, 4.69) is 28.0 Å². The second-order valence-electron chi connectivity index (χ2n) is 7.79. The highest BCUT2D eigenvalue weighted by Gasteiger charge is 2.32. The molecular formula is C24H23N5O2S. The molecule has 2 unspecified atom stereocenters. The first-order chi connectivity index (χ1) is 15.7. The molecule has 2 heterocycles. The van der Waals surface area contributed by atoms with Crippen molar-refractivity contribution in [3.63, 3.8) is 0 Å². The SMILES string of the molecule is CCn1c(NNC(=O)C2CC=CCC2c2nc3ccccc3s2)nc2ccccc2c1=O. The third-order valence-electron chi connectivity index (χ3n) is 5.87. The van der Waals surface area contributed by atoms with Gasteiger partial charge >= 0.3 is 0 Å². The average molecular weight is 446 g/mol. The third-order valence-corrected chi connectivity index (χ3v) is 7.04. The number of fused-ring (bicyclic) bond motifs is 2. The van der Waals surface area contributed by atoms with E-state index in [0.29, 0.717) is 29.8 Å². The Bertz CT molecular complexity index is 1360. The molecule has 2 aromatic heterocycles. The highest BCUT2D eigenvalue weighted by Crippen LogP contribution is 2.38. The Hall–Kier alpha value is -3.52. The predicted octanol–water partition coefficient (Wildman–Crippen LogP) is 4.22. The smallest absolute Gasteiger partial charge is 0.262 e. The van der Waals surface area contributed by atoms with Gasteiger partial charge < -0.3 is 0 Å². The minimum absolute atomic E-state index is 0.0112. The summed E-state index contributed by atoms with van der Waals surface area (Å²) in [7, 11) is 0. The summed E-state index contributed by atoms with van der Waals surface area (Å²) in [5.41, 5.74) is 7.12. The van der Waals surface area contributed by atoms with E-state index in [1.807, 2.05) is 43.3 Å². The second kappa shape index (κ2) is 8.55. The fourth-order valence-electron chi connectivity index (χ4n) is 4.19. The van der Waals surface area contributed by atoms with Crippen LogP contribution < -0.4 is 16.4 Å². The van der Waals surface area contributed by atoms with E-state index in [0.717, 1.165) is 21.6 Å². The van der Waals surface area contributed by atoms with Gasteiger partial charge in [0, 0.05) is 12.5 Å². The Morgan fingerprint density at radius 2 is 1.81 bits per heavy atom. The van der Waals surface area contributed by atoms with Crippen LogP contribution in [0.15, 0.2) is 65.5 Å². The van der Waals surface area contributed by atoms with Crippen molar-refractivity contribution in [2.75, 3.05) is 5.43 Å². The number of nitrogens with zero attached hydrogens (tertiary/aromatic N) is 3. The lowest BCUT2D eigenvalue weighted by atomic mass is 9.83. The van der Waals surface area contributed by atoms with Gasteiger partial charge in [-0.05, 0) is 44.0 Å². The summed E-state index contributed by atoms with van der Waals surface area (Å²) in [6, 6.07) is 15.2. The third kappa shape index (κ3) is 3.67. The molecule has 0 fully saturated rings. The van der Waals surface area contributed by atoms with Crippen molar-refractivity contribution < 1.29 is 4.79 Å². The average Bonchev–Trinajstić information content (AvgIpc) is 3.27. The zero-order valence-electron chi connectivity index (χ0n) is 17.6. The molecule has 0 radical (unpaired) electrons. The lowest BCUT2D eigenvalue weighted by Gasteiger charge is -2.26. The number of benzene rings is 2. The number of allylic oxidation sites excluding steroid dienone is 2. The van der Waals surface area contributed by atoms with Gasteiger partial charge in [-0.25, -0.2) is 9.97 Å². The van der Waals surface area contributed by atoms with E-state index >= 15 is 0 Å². The molecule has 2 N–H and O–H groups in total. The molecule has 5 rings (SSSR count). The Morgan fingerprint density at radius 1 is 1.06 bits per heavy atom. The zero-order valence-corrected chi connectivity index (χ0v) is 18.4.